The fraction of sp³-hybridized carbons (Fsp3) is 1.00. The Hall–Kier alpha value is -0.130. The molecule has 1 aliphatic heterocycles. The SMILES string of the molecule is CCS(=O)(=O)CCN1CC2CCC(O)C2C1. The van der Waals surface area contributed by atoms with Crippen molar-refractivity contribution in [2.75, 3.05) is 31.1 Å². The molecule has 0 spiro atoms. The second-order valence-electron chi connectivity index (χ2n) is 5.06. The molecule has 2 fully saturated rings. The van der Waals surface area contributed by atoms with Gasteiger partial charge in [-0.2, -0.15) is 0 Å². The average molecular weight is 247 g/mol. The molecule has 16 heavy (non-hydrogen) atoms. The molecule has 94 valence electrons. The van der Waals surface area contributed by atoms with Crippen LogP contribution < -0.4 is 0 Å². The van der Waals surface area contributed by atoms with E-state index < -0.39 is 9.84 Å². The highest BCUT2D eigenvalue weighted by molar-refractivity contribution is 7.91. The summed E-state index contributed by atoms with van der Waals surface area (Å²) in [5.41, 5.74) is 0. The van der Waals surface area contributed by atoms with E-state index >= 15 is 0 Å². The molecular formula is C11H21NO3S. The van der Waals surface area contributed by atoms with Crippen LogP contribution in [-0.2, 0) is 9.84 Å². The third-order valence-corrected chi connectivity index (χ3v) is 5.74. The maximum absolute atomic E-state index is 11.4. The number of aliphatic hydroxyl groups excluding tert-OH is 1. The highest BCUT2D eigenvalue weighted by Gasteiger charge is 2.41. The molecule has 0 aromatic rings. The molecule has 2 aliphatic rings. The van der Waals surface area contributed by atoms with Gasteiger partial charge >= 0.3 is 0 Å². The Kier molecular flexibility index (Phi) is 3.56. The summed E-state index contributed by atoms with van der Waals surface area (Å²) in [7, 11) is -2.85. The minimum atomic E-state index is -2.85. The zero-order valence-corrected chi connectivity index (χ0v) is 10.6. The molecule has 0 radical (unpaired) electrons. The predicted octanol–water partition coefficient (Wildman–Crippen LogP) is 0.124. The molecule has 3 unspecified atom stereocenters. The molecule has 1 saturated carbocycles. The number of rotatable bonds is 4. The van der Waals surface area contributed by atoms with Gasteiger partial charge in [0, 0.05) is 31.3 Å². The smallest absolute Gasteiger partial charge is 0.151 e. The lowest BCUT2D eigenvalue weighted by Crippen LogP contribution is -2.30. The minimum Gasteiger partial charge on any atom is -0.393 e. The summed E-state index contributed by atoms with van der Waals surface area (Å²) in [6.45, 7) is 4.18. The number of aliphatic hydroxyl groups is 1. The van der Waals surface area contributed by atoms with Crippen LogP contribution in [0.25, 0.3) is 0 Å². The van der Waals surface area contributed by atoms with Crippen LogP contribution in [0.3, 0.4) is 0 Å². The van der Waals surface area contributed by atoms with Gasteiger partial charge in [0.05, 0.1) is 11.9 Å². The van der Waals surface area contributed by atoms with Crippen LogP contribution in [0.4, 0.5) is 0 Å². The van der Waals surface area contributed by atoms with E-state index in [1.807, 2.05) is 0 Å². The zero-order valence-electron chi connectivity index (χ0n) is 9.80. The number of hydrogen-bond acceptors (Lipinski definition) is 4. The van der Waals surface area contributed by atoms with Gasteiger partial charge in [0.2, 0.25) is 0 Å². The van der Waals surface area contributed by atoms with Gasteiger partial charge in [0.25, 0.3) is 0 Å². The first-order chi connectivity index (χ1) is 7.52. The maximum atomic E-state index is 11.4. The van der Waals surface area contributed by atoms with Crippen molar-refractivity contribution in [2.24, 2.45) is 11.8 Å². The molecule has 1 N–H and O–H groups in total. The summed E-state index contributed by atoms with van der Waals surface area (Å²) in [5, 5.41) is 9.75. The Morgan fingerprint density at radius 2 is 2.06 bits per heavy atom. The van der Waals surface area contributed by atoms with Crippen molar-refractivity contribution in [1.82, 2.24) is 4.90 Å². The highest BCUT2D eigenvalue weighted by Crippen LogP contribution is 2.37. The first-order valence-corrected chi connectivity index (χ1v) is 7.95. The monoisotopic (exact) mass is 247 g/mol. The van der Waals surface area contributed by atoms with Crippen LogP contribution in [-0.4, -0.2) is 55.7 Å². The van der Waals surface area contributed by atoms with Crippen LogP contribution in [0.5, 0.6) is 0 Å². The molecule has 0 bridgehead atoms. The van der Waals surface area contributed by atoms with E-state index in [0.717, 1.165) is 25.9 Å². The van der Waals surface area contributed by atoms with Gasteiger partial charge in [-0.05, 0) is 18.8 Å². The van der Waals surface area contributed by atoms with Crippen molar-refractivity contribution >= 4 is 9.84 Å². The molecule has 1 aliphatic carbocycles. The summed E-state index contributed by atoms with van der Waals surface area (Å²) >= 11 is 0. The molecule has 3 atom stereocenters. The fourth-order valence-electron chi connectivity index (χ4n) is 2.92. The van der Waals surface area contributed by atoms with Gasteiger partial charge in [0.1, 0.15) is 0 Å². The summed E-state index contributed by atoms with van der Waals surface area (Å²) < 4.78 is 22.8. The van der Waals surface area contributed by atoms with E-state index in [0.29, 0.717) is 18.4 Å². The van der Waals surface area contributed by atoms with E-state index in [1.54, 1.807) is 6.92 Å². The zero-order chi connectivity index (χ0) is 11.8. The average Bonchev–Trinajstić information content (AvgIpc) is 2.79. The molecule has 0 aromatic heterocycles. The molecule has 5 heteroatoms. The van der Waals surface area contributed by atoms with Crippen LogP contribution in [0.1, 0.15) is 19.8 Å². The number of sulfone groups is 1. The first-order valence-electron chi connectivity index (χ1n) is 6.12. The second kappa shape index (κ2) is 4.63. The lowest BCUT2D eigenvalue weighted by atomic mass is 10.00. The Morgan fingerprint density at radius 3 is 2.69 bits per heavy atom. The van der Waals surface area contributed by atoms with Crippen molar-refractivity contribution < 1.29 is 13.5 Å². The molecule has 1 saturated heterocycles. The quantitative estimate of drug-likeness (QED) is 0.767. The van der Waals surface area contributed by atoms with Gasteiger partial charge in [-0.1, -0.05) is 6.92 Å². The third kappa shape index (κ3) is 2.57. The first kappa shape index (κ1) is 12.3. The van der Waals surface area contributed by atoms with Crippen LogP contribution in [0, 0.1) is 11.8 Å². The molecule has 2 rings (SSSR count). The van der Waals surface area contributed by atoms with Crippen LogP contribution in [0.15, 0.2) is 0 Å². The lowest BCUT2D eigenvalue weighted by Gasteiger charge is -2.17. The number of nitrogens with zero attached hydrogens (tertiary/aromatic N) is 1. The van der Waals surface area contributed by atoms with E-state index in [2.05, 4.69) is 4.90 Å². The van der Waals surface area contributed by atoms with Gasteiger partial charge < -0.3 is 10.0 Å². The predicted molar refractivity (Wildman–Crippen MR) is 63.0 cm³/mol. The van der Waals surface area contributed by atoms with Crippen molar-refractivity contribution in [3.8, 4) is 0 Å². The number of fused-ring (bicyclic) bond motifs is 1. The second-order valence-corrected chi connectivity index (χ2v) is 7.54. The third-order valence-electron chi connectivity index (χ3n) is 4.05. The van der Waals surface area contributed by atoms with Gasteiger partial charge in [-0.3, -0.25) is 0 Å². The summed E-state index contributed by atoms with van der Waals surface area (Å²) in [6.07, 6.45) is 1.87. The van der Waals surface area contributed by atoms with Crippen molar-refractivity contribution in [1.29, 1.82) is 0 Å². The van der Waals surface area contributed by atoms with E-state index in [-0.39, 0.29) is 17.6 Å². The summed E-state index contributed by atoms with van der Waals surface area (Å²) in [4.78, 5) is 2.20. The van der Waals surface area contributed by atoms with Gasteiger partial charge in [-0.25, -0.2) is 8.42 Å². The van der Waals surface area contributed by atoms with Gasteiger partial charge in [0.15, 0.2) is 9.84 Å². The van der Waals surface area contributed by atoms with Crippen molar-refractivity contribution in [3.63, 3.8) is 0 Å². The van der Waals surface area contributed by atoms with Crippen molar-refractivity contribution in [2.45, 2.75) is 25.9 Å². The summed E-state index contributed by atoms with van der Waals surface area (Å²) in [6, 6.07) is 0. The Morgan fingerprint density at radius 1 is 1.31 bits per heavy atom. The Labute approximate surface area is 97.6 Å². The van der Waals surface area contributed by atoms with Gasteiger partial charge in [-0.15, -0.1) is 0 Å². The van der Waals surface area contributed by atoms with Crippen LogP contribution in [0.2, 0.25) is 0 Å². The topological polar surface area (TPSA) is 57.6 Å². The normalized spacial score (nSPS) is 35.5. The van der Waals surface area contributed by atoms with Crippen LogP contribution >= 0.6 is 0 Å². The number of hydrogen-bond donors (Lipinski definition) is 1. The minimum absolute atomic E-state index is 0.155. The fourth-order valence-corrected chi connectivity index (χ4v) is 3.75. The maximum Gasteiger partial charge on any atom is 0.151 e. The van der Waals surface area contributed by atoms with E-state index in [4.69, 9.17) is 0 Å². The van der Waals surface area contributed by atoms with E-state index in [1.165, 1.54) is 0 Å². The van der Waals surface area contributed by atoms with E-state index in [9.17, 15) is 13.5 Å². The largest absolute Gasteiger partial charge is 0.393 e. The molecule has 1 heterocycles. The Balaban J connectivity index is 1.82. The number of likely N-dealkylation sites (tertiary alicyclic amines) is 1. The molecule has 0 aromatic carbocycles. The molecular weight excluding hydrogens is 226 g/mol. The van der Waals surface area contributed by atoms with Crippen molar-refractivity contribution in [3.05, 3.63) is 0 Å². The Bertz CT molecular complexity index is 341. The standard InChI is InChI=1S/C11H21NO3S/c1-2-16(14,15)6-5-12-7-9-3-4-11(13)10(9)8-12/h9-11,13H,2-8H2,1H3. The summed E-state index contributed by atoms with van der Waals surface area (Å²) in [5.74, 6) is 1.48. The molecule has 0 amide bonds. The highest BCUT2D eigenvalue weighted by atomic mass is 32.2. The lowest BCUT2D eigenvalue weighted by molar-refractivity contribution is 0.125. The molecule has 4 nitrogen and oxygen atoms in total.